The molecular weight excluding hydrogens is 482 g/mol. The fourth-order valence-electron chi connectivity index (χ4n) is 4.88. The van der Waals surface area contributed by atoms with Gasteiger partial charge in [0.05, 0.1) is 17.0 Å². The number of aromatic nitrogens is 3. The smallest absolute Gasteiger partial charge is 0.255 e. The number of hydrogen-bond acceptors (Lipinski definition) is 4. The maximum Gasteiger partial charge on any atom is 0.255 e. The number of pyridine rings is 2. The third kappa shape index (κ3) is 4.86. The average Bonchev–Trinajstić information content (AvgIpc) is 3.32. The first-order chi connectivity index (χ1) is 18.2. The molecule has 1 aliphatic rings. The molecule has 2 aromatic carbocycles. The van der Waals surface area contributed by atoms with Crippen molar-refractivity contribution in [3.8, 4) is 22.4 Å². The summed E-state index contributed by atoms with van der Waals surface area (Å²) in [5, 5.41) is 0.704. The molecule has 0 bridgehead atoms. The lowest BCUT2D eigenvalue weighted by Crippen LogP contribution is -2.48. The van der Waals surface area contributed by atoms with E-state index in [-0.39, 0.29) is 5.91 Å². The van der Waals surface area contributed by atoms with Crippen LogP contribution in [0.3, 0.4) is 0 Å². The SMILES string of the molecule is O=C(c1cccnc1)N1CCN(Cc2c(-c3ccc(Cl)cc3)nc3ccc(-c4ccccc4)cn23)CC1. The maximum atomic E-state index is 12.9. The van der Waals surface area contributed by atoms with Gasteiger partial charge in [0, 0.05) is 61.9 Å². The van der Waals surface area contributed by atoms with Gasteiger partial charge in [-0.25, -0.2) is 4.98 Å². The second-order valence-electron chi connectivity index (χ2n) is 9.24. The Balaban J connectivity index is 1.30. The molecule has 1 fully saturated rings. The van der Waals surface area contributed by atoms with Gasteiger partial charge in [-0.05, 0) is 47.5 Å². The number of benzene rings is 2. The molecule has 0 unspecified atom stereocenters. The molecule has 1 amide bonds. The van der Waals surface area contributed by atoms with Crippen molar-refractivity contribution in [2.24, 2.45) is 0 Å². The van der Waals surface area contributed by atoms with Crippen molar-refractivity contribution >= 4 is 23.2 Å². The molecule has 0 atom stereocenters. The Labute approximate surface area is 220 Å². The molecule has 4 heterocycles. The van der Waals surface area contributed by atoms with Gasteiger partial charge in [0.1, 0.15) is 5.65 Å². The van der Waals surface area contributed by atoms with Crippen LogP contribution in [0.5, 0.6) is 0 Å². The van der Waals surface area contributed by atoms with Crippen molar-refractivity contribution in [2.75, 3.05) is 26.2 Å². The summed E-state index contributed by atoms with van der Waals surface area (Å²) in [4.78, 5) is 26.3. The lowest BCUT2D eigenvalue weighted by atomic mass is 10.1. The Morgan fingerprint density at radius 2 is 1.57 bits per heavy atom. The fraction of sp³-hybridized carbons (Fsp3) is 0.167. The predicted molar refractivity (Wildman–Crippen MR) is 146 cm³/mol. The van der Waals surface area contributed by atoms with E-state index in [1.807, 2.05) is 41.3 Å². The summed E-state index contributed by atoms with van der Waals surface area (Å²) in [5.74, 6) is 0.0388. The number of imidazole rings is 1. The number of piperazine rings is 1. The summed E-state index contributed by atoms with van der Waals surface area (Å²) in [6.45, 7) is 3.66. The van der Waals surface area contributed by atoms with E-state index in [2.05, 4.69) is 56.9 Å². The van der Waals surface area contributed by atoms with E-state index in [1.54, 1.807) is 18.5 Å². The summed E-state index contributed by atoms with van der Waals surface area (Å²) in [5.41, 5.74) is 6.97. The summed E-state index contributed by atoms with van der Waals surface area (Å²) in [6.07, 6.45) is 5.50. The van der Waals surface area contributed by atoms with Crippen LogP contribution in [0.25, 0.3) is 28.0 Å². The Morgan fingerprint density at radius 3 is 2.30 bits per heavy atom. The summed E-state index contributed by atoms with van der Waals surface area (Å²) in [7, 11) is 0. The van der Waals surface area contributed by atoms with Crippen LogP contribution in [-0.2, 0) is 6.54 Å². The molecule has 0 spiro atoms. The van der Waals surface area contributed by atoms with Crippen LogP contribution < -0.4 is 0 Å². The summed E-state index contributed by atoms with van der Waals surface area (Å²) >= 11 is 6.18. The molecule has 0 N–H and O–H groups in total. The summed E-state index contributed by atoms with van der Waals surface area (Å²) in [6, 6.07) is 26.1. The highest BCUT2D eigenvalue weighted by Gasteiger charge is 2.24. The van der Waals surface area contributed by atoms with Crippen molar-refractivity contribution in [3.63, 3.8) is 0 Å². The molecule has 7 heteroatoms. The first-order valence-electron chi connectivity index (χ1n) is 12.4. The number of fused-ring (bicyclic) bond motifs is 1. The van der Waals surface area contributed by atoms with Gasteiger partial charge in [-0.1, -0.05) is 54.1 Å². The molecule has 6 rings (SSSR count). The highest BCUT2D eigenvalue weighted by atomic mass is 35.5. The normalized spacial score (nSPS) is 14.2. The molecule has 0 saturated carbocycles. The van der Waals surface area contributed by atoms with Crippen LogP contribution in [0.1, 0.15) is 16.1 Å². The van der Waals surface area contributed by atoms with E-state index >= 15 is 0 Å². The van der Waals surface area contributed by atoms with E-state index in [1.165, 1.54) is 5.56 Å². The van der Waals surface area contributed by atoms with Gasteiger partial charge in [0.25, 0.3) is 5.91 Å². The van der Waals surface area contributed by atoms with Crippen LogP contribution >= 0.6 is 11.6 Å². The fourth-order valence-corrected chi connectivity index (χ4v) is 5.00. The van der Waals surface area contributed by atoms with Crippen molar-refractivity contribution in [2.45, 2.75) is 6.54 Å². The second-order valence-corrected chi connectivity index (χ2v) is 9.67. The minimum atomic E-state index is 0.0388. The minimum absolute atomic E-state index is 0.0388. The molecule has 3 aromatic heterocycles. The van der Waals surface area contributed by atoms with Gasteiger partial charge in [-0.15, -0.1) is 0 Å². The molecule has 0 aliphatic carbocycles. The van der Waals surface area contributed by atoms with Crippen LogP contribution in [0.15, 0.2) is 97.5 Å². The van der Waals surface area contributed by atoms with E-state index in [9.17, 15) is 4.79 Å². The maximum absolute atomic E-state index is 12.9. The van der Waals surface area contributed by atoms with Crippen LogP contribution in [0.4, 0.5) is 0 Å². The van der Waals surface area contributed by atoms with Crippen molar-refractivity contribution in [1.82, 2.24) is 24.2 Å². The number of nitrogens with zero attached hydrogens (tertiary/aromatic N) is 5. The predicted octanol–water partition coefficient (Wildman–Crippen LogP) is 5.67. The van der Waals surface area contributed by atoms with Gasteiger partial charge >= 0.3 is 0 Å². The molecule has 6 nitrogen and oxygen atoms in total. The number of hydrogen-bond donors (Lipinski definition) is 0. The average molecular weight is 508 g/mol. The number of halogens is 1. The molecule has 37 heavy (non-hydrogen) atoms. The van der Waals surface area contributed by atoms with Crippen molar-refractivity contribution in [3.05, 3.63) is 114 Å². The Kier molecular flexibility index (Phi) is 6.43. The van der Waals surface area contributed by atoms with Gasteiger partial charge in [0.2, 0.25) is 0 Å². The number of carbonyl (C=O) groups excluding carboxylic acids is 1. The lowest BCUT2D eigenvalue weighted by Gasteiger charge is -2.34. The van der Waals surface area contributed by atoms with Crippen LogP contribution in [0.2, 0.25) is 5.02 Å². The summed E-state index contributed by atoms with van der Waals surface area (Å²) < 4.78 is 2.21. The second kappa shape index (κ2) is 10.2. The highest BCUT2D eigenvalue weighted by molar-refractivity contribution is 6.30. The van der Waals surface area contributed by atoms with Gasteiger partial charge in [0.15, 0.2) is 0 Å². The molecular formula is C30H26ClN5O. The first kappa shape index (κ1) is 23.4. The highest BCUT2D eigenvalue weighted by Crippen LogP contribution is 2.29. The molecule has 0 radical (unpaired) electrons. The largest absolute Gasteiger partial charge is 0.336 e. The molecule has 5 aromatic rings. The Morgan fingerprint density at radius 1 is 0.811 bits per heavy atom. The zero-order valence-electron chi connectivity index (χ0n) is 20.3. The number of amides is 1. The first-order valence-corrected chi connectivity index (χ1v) is 12.8. The Bertz CT molecular complexity index is 1530. The van der Waals surface area contributed by atoms with E-state index in [0.717, 1.165) is 47.8 Å². The number of rotatable bonds is 5. The van der Waals surface area contributed by atoms with Gasteiger partial charge in [-0.2, -0.15) is 0 Å². The third-order valence-electron chi connectivity index (χ3n) is 6.88. The minimum Gasteiger partial charge on any atom is -0.336 e. The van der Waals surface area contributed by atoms with Crippen molar-refractivity contribution in [1.29, 1.82) is 0 Å². The molecule has 1 saturated heterocycles. The van der Waals surface area contributed by atoms with Crippen LogP contribution in [0, 0.1) is 0 Å². The zero-order valence-corrected chi connectivity index (χ0v) is 21.1. The Hall–Kier alpha value is -4.00. The third-order valence-corrected chi connectivity index (χ3v) is 7.14. The topological polar surface area (TPSA) is 53.7 Å². The van der Waals surface area contributed by atoms with Crippen molar-refractivity contribution < 1.29 is 4.79 Å². The van der Waals surface area contributed by atoms with E-state index in [4.69, 9.17) is 16.6 Å². The lowest BCUT2D eigenvalue weighted by molar-refractivity contribution is 0.0626. The monoisotopic (exact) mass is 507 g/mol. The zero-order chi connectivity index (χ0) is 25.2. The van der Waals surface area contributed by atoms with E-state index in [0.29, 0.717) is 23.7 Å². The van der Waals surface area contributed by atoms with Gasteiger partial charge in [-0.3, -0.25) is 14.7 Å². The standard InChI is InChI=1S/C30H26ClN5O/c31-26-11-8-23(9-12-26)29-27(36-20-25(10-13-28(36)33-29)22-5-2-1-3-6-22)21-34-15-17-35(18-16-34)30(37)24-7-4-14-32-19-24/h1-14,19-20H,15-18,21H2. The van der Waals surface area contributed by atoms with Gasteiger partial charge < -0.3 is 9.30 Å². The number of carbonyl (C=O) groups is 1. The van der Waals surface area contributed by atoms with Crippen LogP contribution in [-0.4, -0.2) is 56.3 Å². The van der Waals surface area contributed by atoms with E-state index < -0.39 is 0 Å². The quantitative estimate of drug-likeness (QED) is 0.307. The molecule has 184 valence electrons. The molecule has 1 aliphatic heterocycles.